The standard InChI is InChI=1S/C10H11FN2O/c11-10-9(4-2-6-13-10)14-7-8-3-1-5-12-8/h1-4,6,8,12H,5,7H2/t8-/m0/s1/i11-1. The molecule has 1 aliphatic rings. The van der Waals surface area contributed by atoms with E-state index in [1.807, 2.05) is 12.2 Å². The maximum Gasteiger partial charge on any atom is 0.255 e. The predicted molar refractivity (Wildman–Crippen MR) is 50.6 cm³/mol. The second-order valence-electron chi connectivity index (χ2n) is 3.05. The lowest BCUT2D eigenvalue weighted by atomic mass is 10.3. The van der Waals surface area contributed by atoms with E-state index in [4.69, 9.17) is 4.74 Å². The average molecular weight is 193 g/mol. The molecule has 0 unspecified atom stereocenters. The van der Waals surface area contributed by atoms with Gasteiger partial charge in [0.1, 0.15) is 6.61 Å². The molecule has 2 heterocycles. The van der Waals surface area contributed by atoms with Crippen molar-refractivity contribution in [2.45, 2.75) is 6.04 Å². The SMILES string of the molecule is [18F]c1ncccc1OC[C@@H]1C=CCN1. The van der Waals surface area contributed by atoms with Crippen LogP contribution >= 0.6 is 0 Å². The molecule has 0 aliphatic carbocycles. The van der Waals surface area contributed by atoms with E-state index in [2.05, 4.69) is 10.3 Å². The summed E-state index contributed by atoms with van der Waals surface area (Å²) in [7, 11) is 0. The third-order valence-corrected chi connectivity index (χ3v) is 2.01. The molecule has 74 valence electrons. The molecular formula is C10H11FN2O. The number of ether oxygens (including phenoxy) is 1. The summed E-state index contributed by atoms with van der Waals surface area (Å²) in [6.45, 7) is 1.28. The second kappa shape index (κ2) is 4.19. The number of hydrogen-bond acceptors (Lipinski definition) is 3. The zero-order chi connectivity index (χ0) is 9.80. The molecular weight excluding hydrogens is 182 g/mol. The number of nitrogens with zero attached hydrogens (tertiary/aromatic N) is 1. The first-order valence-corrected chi connectivity index (χ1v) is 4.49. The van der Waals surface area contributed by atoms with E-state index < -0.39 is 5.95 Å². The first-order valence-electron chi connectivity index (χ1n) is 4.49. The summed E-state index contributed by atoms with van der Waals surface area (Å²) in [6, 6.07) is 3.40. The highest BCUT2D eigenvalue weighted by Crippen LogP contribution is 2.13. The van der Waals surface area contributed by atoms with Gasteiger partial charge >= 0.3 is 0 Å². The molecule has 2 rings (SSSR count). The minimum absolute atomic E-state index is 0.176. The van der Waals surface area contributed by atoms with Crippen molar-refractivity contribution in [3.05, 3.63) is 36.4 Å². The Hall–Kier alpha value is -1.42. The predicted octanol–water partition coefficient (Wildman–Crippen LogP) is 1.13. The largest absolute Gasteiger partial charge is 0.487 e. The number of pyridine rings is 1. The van der Waals surface area contributed by atoms with Gasteiger partial charge in [0.2, 0.25) is 0 Å². The topological polar surface area (TPSA) is 34.1 Å². The van der Waals surface area contributed by atoms with Crippen molar-refractivity contribution in [2.75, 3.05) is 13.2 Å². The van der Waals surface area contributed by atoms with E-state index in [0.717, 1.165) is 6.54 Å². The van der Waals surface area contributed by atoms with Crippen molar-refractivity contribution < 1.29 is 9.13 Å². The lowest BCUT2D eigenvalue weighted by molar-refractivity contribution is 0.276. The van der Waals surface area contributed by atoms with Crippen LogP contribution in [0.1, 0.15) is 0 Å². The zero-order valence-electron chi connectivity index (χ0n) is 7.61. The van der Waals surface area contributed by atoms with Crippen LogP contribution in [-0.2, 0) is 0 Å². The Labute approximate surface area is 81.6 Å². The van der Waals surface area contributed by atoms with Gasteiger partial charge in [-0.2, -0.15) is 4.39 Å². The van der Waals surface area contributed by atoms with Crippen molar-refractivity contribution >= 4 is 0 Å². The van der Waals surface area contributed by atoms with Gasteiger partial charge in [0.05, 0.1) is 6.04 Å². The summed E-state index contributed by atoms with van der Waals surface area (Å²) in [6.07, 6.45) is 5.43. The van der Waals surface area contributed by atoms with Crippen molar-refractivity contribution in [3.8, 4) is 5.75 Å². The molecule has 14 heavy (non-hydrogen) atoms. The minimum atomic E-state index is -0.561. The Morgan fingerprint density at radius 1 is 1.64 bits per heavy atom. The van der Waals surface area contributed by atoms with Gasteiger partial charge in [0.25, 0.3) is 5.95 Å². The molecule has 0 bridgehead atoms. The molecule has 1 aromatic rings. The Morgan fingerprint density at radius 2 is 2.57 bits per heavy atom. The van der Waals surface area contributed by atoms with Crippen molar-refractivity contribution in [3.63, 3.8) is 0 Å². The lowest BCUT2D eigenvalue weighted by Gasteiger charge is -2.10. The third kappa shape index (κ3) is 2.09. The van der Waals surface area contributed by atoms with Gasteiger partial charge in [0.15, 0.2) is 5.75 Å². The maximum absolute atomic E-state index is 13.0. The quantitative estimate of drug-likeness (QED) is 0.577. The van der Waals surface area contributed by atoms with Crippen LogP contribution in [0, 0.1) is 5.95 Å². The molecule has 0 spiro atoms. The number of nitrogens with one attached hydrogen (secondary N) is 1. The number of rotatable bonds is 3. The van der Waals surface area contributed by atoms with Crippen molar-refractivity contribution in [1.29, 1.82) is 0 Å². The fraction of sp³-hybridized carbons (Fsp3) is 0.300. The molecule has 0 fully saturated rings. The van der Waals surface area contributed by atoms with E-state index in [1.165, 1.54) is 6.20 Å². The Balaban J connectivity index is 1.91. The highest BCUT2D eigenvalue weighted by molar-refractivity contribution is 5.18. The van der Waals surface area contributed by atoms with Gasteiger partial charge in [0, 0.05) is 12.7 Å². The lowest BCUT2D eigenvalue weighted by Crippen LogP contribution is -2.28. The first-order chi connectivity index (χ1) is 6.86. The smallest absolute Gasteiger partial charge is 0.255 e. The van der Waals surface area contributed by atoms with Crippen LogP contribution in [0.2, 0.25) is 0 Å². The van der Waals surface area contributed by atoms with Crippen LogP contribution in [-0.4, -0.2) is 24.2 Å². The van der Waals surface area contributed by atoms with E-state index in [-0.39, 0.29) is 11.8 Å². The molecule has 1 aromatic heterocycles. The Kier molecular flexibility index (Phi) is 2.74. The number of aromatic nitrogens is 1. The molecule has 1 N–H and O–H groups in total. The van der Waals surface area contributed by atoms with Crippen molar-refractivity contribution in [2.24, 2.45) is 0 Å². The van der Waals surface area contributed by atoms with E-state index in [0.29, 0.717) is 6.61 Å². The molecule has 0 radical (unpaired) electrons. The number of hydrogen-bond donors (Lipinski definition) is 1. The Morgan fingerprint density at radius 3 is 3.29 bits per heavy atom. The molecule has 0 saturated carbocycles. The second-order valence-corrected chi connectivity index (χ2v) is 3.05. The summed E-state index contributed by atoms with van der Waals surface area (Å²) >= 11 is 0. The van der Waals surface area contributed by atoms with Gasteiger partial charge in [-0.05, 0) is 12.1 Å². The molecule has 4 heteroatoms. The molecule has 1 atom stereocenters. The van der Waals surface area contributed by atoms with E-state index in [9.17, 15) is 4.39 Å². The zero-order valence-corrected chi connectivity index (χ0v) is 7.61. The summed E-state index contributed by atoms with van der Waals surface area (Å²) in [4.78, 5) is 3.49. The van der Waals surface area contributed by atoms with Crippen LogP contribution in [0.4, 0.5) is 4.39 Å². The van der Waals surface area contributed by atoms with Gasteiger partial charge in [-0.1, -0.05) is 12.2 Å². The molecule has 3 nitrogen and oxygen atoms in total. The molecule has 0 saturated heterocycles. The average Bonchev–Trinajstić information content (AvgIpc) is 2.69. The van der Waals surface area contributed by atoms with Crippen LogP contribution in [0.15, 0.2) is 30.5 Å². The normalized spacial score (nSPS) is 19.9. The maximum atomic E-state index is 13.0. The summed E-state index contributed by atoms with van der Waals surface area (Å²) < 4.78 is 18.3. The van der Waals surface area contributed by atoms with Crippen molar-refractivity contribution in [1.82, 2.24) is 10.3 Å². The van der Waals surface area contributed by atoms with Gasteiger partial charge in [-0.3, -0.25) is 0 Å². The minimum Gasteiger partial charge on any atom is -0.487 e. The van der Waals surface area contributed by atoms with Gasteiger partial charge in [-0.25, -0.2) is 4.98 Å². The summed E-state index contributed by atoms with van der Waals surface area (Å²) in [5.41, 5.74) is 0. The van der Waals surface area contributed by atoms with Gasteiger partial charge in [-0.15, -0.1) is 0 Å². The fourth-order valence-corrected chi connectivity index (χ4v) is 1.29. The fourth-order valence-electron chi connectivity index (χ4n) is 1.29. The molecule has 0 aromatic carbocycles. The third-order valence-electron chi connectivity index (χ3n) is 2.01. The van der Waals surface area contributed by atoms with E-state index >= 15 is 0 Å². The van der Waals surface area contributed by atoms with Crippen LogP contribution in [0.5, 0.6) is 5.75 Å². The van der Waals surface area contributed by atoms with Crippen LogP contribution < -0.4 is 10.1 Å². The summed E-state index contributed by atoms with van der Waals surface area (Å²) in [5.74, 6) is -0.357. The first kappa shape index (κ1) is 9.15. The number of halogens is 1. The monoisotopic (exact) mass is 193 g/mol. The highest BCUT2D eigenvalue weighted by atomic mass is 18.2. The Bertz CT molecular complexity index is 341. The van der Waals surface area contributed by atoms with Crippen LogP contribution in [0.25, 0.3) is 0 Å². The highest BCUT2D eigenvalue weighted by Gasteiger charge is 2.10. The summed E-state index contributed by atoms with van der Waals surface area (Å²) in [5, 5.41) is 3.17. The van der Waals surface area contributed by atoms with Gasteiger partial charge < -0.3 is 10.1 Å². The molecule has 1 aliphatic heterocycles. The van der Waals surface area contributed by atoms with Crippen LogP contribution in [0.3, 0.4) is 0 Å². The van der Waals surface area contributed by atoms with E-state index in [1.54, 1.807) is 12.1 Å². The molecule has 0 amide bonds.